The van der Waals surface area contributed by atoms with Crippen LogP contribution in [-0.2, 0) is 14.2 Å². The van der Waals surface area contributed by atoms with Crippen LogP contribution in [0.3, 0.4) is 0 Å². The van der Waals surface area contributed by atoms with Crippen LogP contribution in [0.4, 0.5) is 4.39 Å². The van der Waals surface area contributed by atoms with Crippen molar-refractivity contribution in [3.8, 4) is 0 Å². The Kier molecular flexibility index (Phi) is 5.90. The van der Waals surface area contributed by atoms with Crippen LogP contribution in [0.2, 0.25) is 5.82 Å². The molecule has 0 aromatic carbocycles. The van der Waals surface area contributed by atoms with Crippen LogP contribution in [0.5, 0.6) is 0 Å². The van der Waals surface area contributed by atoms with Crippen LogP contribution in [0.25, 0.3) is 0 Å². The highest BCUT2D eigenvalue weighted by molar-refractivity contribution is 6.12. The molecular formula is C12H24BFO3. The Morgan fingerprint density at radius 1 is 1.29 bits per heavy atom. The fraction of sp³-hybridized carbons (Fsp3) is 1.00. The highest BCUT2D eigenvalue weighted by Crippen LogP contribution is 2.28. The van der Waals surface area contributed by atoms with Crippen LogP contribution in [0.15, 0.2) is 0 Å². The van der Waals surface area contributed by atoms with Gasteiger partial charge in [0.25, 0.3) is 0 Å². The maximum absolute atomic E-state index is 14.1. The highest BCUT2D eigenvalue weighted by Gasteiger charge is 2.40. The van der Waals surface area contributed by atoms with Crippen LogP contribution < -0.4 is 0 Å². The summed E-state index contributed by atoms with van der Waals surface area (Å²) in [6.45, 7) is 8.56. The number of rotatable bonds is 5. The second-order valence-corrected chi connectivity index (χ2v) is 5.33. The molecule has 17 heavy (non-hydrogen) atoms. The van der Waals surface area contributed by atoms with Crippen molar-refractivity contribution in [3.05, 3.63) is 0 Å². The molecule has 0 aromatic rings. The van der Waals surface area contributed by atoms with Gasteiger partial charge in [0.1, 0.15) is 26.2 Å². The van der Waals surface area contributed by atoms with E-state index in [1.54, 1.807) is 0 Å². The molecular weight excluding hydrogens is 222 g/mol. The average Bonchev–Trinajstić information content (AvgIpc) is 2.23. The second-order valence-electron chi connectivity index (χ2n) is 5.33. The van der Waals surface area contributed by atoms with E-state index >= 15 is 0 Å². The van der Waals surface area contributed by atoms with Crippen LogP contribution >= 0.6 is 0 Å². The molecule has 3 nitrogen and oxygen atoms in total. The number of hydrogen-bond donors (Lipinski definition) is 0. The third-order valence-electron chi connectivity index (χ3n) is 2.82. The fourth-order valence-corrected chi connectivity index (χ4v) is 1.90. The topological polar surface area (TPSA) is 27.7 Å². The van der Waals surface area contributed by atoms with Crippen molar-refractivity contribution in [2.75, 3.05) is 13.2 Å². The van der Waals surface area contributed by atoms with E-state index in [-0.39, 0.29) is 24.1 Å². The van der Waals surface area contributed by atoms with Gasteiger partial charge in [-0.1, -0.05) is 0 Å². The summed E-state index contributed by atoms with van der Waals surface area (Å²) in [5.41, 5.74) is 0. The molecule has 5 heteroatoms. The van der Waals surface area contributed by atoms with Crippen molar-refractivity contribution in [1.82, 2.24) is 0 Å². The Hall–Kier alpha value is -0.125. The van der Waals surface area contributed by atoms with Crippen molar-refractivity contribution in [1.29, 1.82) is 0 Å². The van der Waals surface area contributed by atoms with E-state index in [4.69, 9.17) is 14.2 Å². The van der Waals surface area contributed by atoms with Crippen molar-refractivity contribution in [2.45, 2.75) is 64.1 Å². The minimum Gasteiger partial charge on any atom is -0.376 e. The monoisotopic (exact) mass is 246 g/mol. The summed E-state index contributed by atoms with van der Waals surface area (Å²) in [6, 6.07) is 0. The SMILES string of the molecule is B[C@@H]1CO[C@H](COC(C)C)[C@@H](OC(C)C)[C@H]1F. The van der Waals surface area contributed by atoms with Gasteiger partial charge in [0, 0.05) is 6.61 Å². The van der Waals surface area contributed by atoms with E-state index in [0.29, 0.717) is 13.2 Å². The van der Waals surface area contributed by atoms with Crippen molar-refractivity contribution < 1.29 is 18.6 Å². The average molecular weight is 246 g/mol. The molecule has 0 spiro atoms. The molecule has 1 fully saturated rings. The lowest BCUT2D eigenvalue weighted by atomic mass is 9.79. The molecule has 0 amide bonds. The van der Waals surface area contributed by atoms with Gasteiger partial charge >= 0.3 is 0 Å². The summed E-state index contributed by atoms with van der Waals surface area (Å²) in [6.07, 6.45) is -1.68. The summed E-state index contributed by atoms with van der Waals surface area (Å²) in [5, 5.41) is 0. The van der Waals surface area contributed by atoms with Gasteiger partial charge < -0.3 is 14.2 Å². The zero-order valence-electron chi connectivity index (χ0n) is 11.5. The van der Waals surface area contributed by atoms with E-state index in [1.165, 1.54) is 0 Å². The first-order valence-electron chi connectivity index (χ1n) is 6.44. The Labute approximate surface area is 104 Å². The molecule has 0 bridgehead atoms. The first-order valence-corrected chi connectivity index (χ1v) is 6.44. The minimum atomic E-state index is -0.980. The van der Waals surface area contributed by atoms with Gasteiger partial charge in [-0.05, 0) is 33.5 Å². The summed E-state index contributed by atoms with van der Waals surface area (Å²) in [7, 11) is 1.85. The molecule has 1 heterocycles. The first kappa shape index (κ1) is 14.9. The number of ether oxygens (including phenoxy) is 3. The zero-order valence-corrected chi connectivity index (χ0v) is 11.5. The Morgan fingerprint density at radius 2 is 1.94 bits per heavy atom. The Bertz CT molecular complexity index is 226. The molecule has 0 aliphatic carbocycles. The number of halogens is 1. The van der Waals surface area contributed by atoms with Gasteiger partial charge in [-0.2, -0.15) is 0 Å². The largest absolute Gasteiger partial charge is 0.376 e. The van der Waals surface area contributed by atoms with E-state index in [1.807, 2.05) is 35.5 Å². The summed E-state index contributed by atoms with van der Waals surface area (Å²) >= 11 is 0. The molecule has 0 N–H and O–H groups in total. The highest BCUT2D eigenvalue weighted by atomic mass is 19.1. The third kappa shape index (κ3) is 4.56. The molecule has 1 aliphatic heterocycles. The Morgan fingerprint density at radius 3 is 2.47 bits per heavy atom. The minimum absolute atomic E-state index is 0.00583. The molecule has 0 unspecified atom stereocenters. The lowest BCUT2D eigenvalue weighted by Crippen LogP contribution is -2.50. The maximum atomic E-state index is 14.1. The van der Waals surface area contributed by atoms with Gasteiger partial charge in [0.2, 0.25) is 0 Å². The third-order valence-corrected chi connectivity index (χ3v) is 2.82. The van der Waals surface area contributed by atoms with Gasteiger partial charge in [-0.15, -0.1) is 0 Å². The van der Waals surface area contributed by atoms with Gasteiger partial charge in [-0.3, -0.25) is 0 Å². The van der Waals surface area contributed by atoms with Crippen LogP contribution in [-0.4, -0.2) is 51.6 Å². The molecule has 4 atom stereocenters. The van der Waals surface area contributed by atoms with E-state index in [0.717, 1.165) is 0 Å². The van der Waals surface area contributed by atoms with E-state index < -0.39 is 12.3 Å². The lowest BCUT2D eigenvalue weighted by molar-refractivity contribution is -0.174. The molecule has 1 rings (SSSR count). The number of alkyl halides is 1. The Balaban J connectivity index is 2.58. The maximum Gasteiger partial charge on any atom is 0.127 e. The fourth-order valence-electron chi connectivity index (χ4n) is 1.90. The van der Waals surface area contributed by atoms with E-state index in [9.17, 15) is 4.39 Å². The summed E-state index contributed by atoms with van der Waals surface area (Å²) in [4.78, 5) is 0. The molecule has 100 valence electrons. The van der Waals surface area contributed by atoms with E-state index in [2.05, 4.69) is 0 Å². The normalized spacial score (nSPS) is 34.5. The summed E-state index contributed by atoms with van der Waals surface area (Å²) in [5.74, 6) is -0.117. The van der Waals surface area contributed by atoms with Crippen molar-refractivity contribution >= 4 is 7.85 Å². The molecule has 0 aromatic heterocycles. The molecule has 1 aliphatic rings. The van der Waals surface area contributed by atoms with Crippen LogP contribution in [0.1, 0.15) is 27.7 Å². The van der Waals surface area contributed by atoms with Gasteiger partial charge in [-0.25, -0.2) is 4.39 Å². The molecule has 1 saturated heterocycles. The summed E-state index contributed by atoms with van der Waals surface area (Å²) < 4.78 is 30.9. The predicted molar refractivity (Wildman–Crippen MR) is 68.0 cm³/mol. The first-order chi connectivity index (χ1) is 7.91. The quantitative estimate of drug-likeness (QED) is 0.685. The smallest absolute Gasteiger partial charge is 0.127 e. The zero-order chi connectivity index (χ0) is 13.0. The van der Waals surface area contributed by atoms with Gasteiger partial charge in [0.05, 0.1) is 18.8 Å². The lowest BCUT2D eigenvalue weighted by Gasteiger charge is -2.38. The van der Waals surface area contributed by atoms with Gasteiger partial charge in [0.15, 0.2) is 0 Å². The molecule has 0 radical (unpaired) electrons. The van der Waals surface area contributed by atoms with Crippen LogP contribution in [0, 0.1) is 0 Å². The van der Waals surface area contributed by atoms with Crippen molar-refractivity contribution in [3.63, 3.8) is 0 Å². The number of hydrogen-bond acceptors (Lipinski definition) is 3. The second kappa shape index (κ2) is 6.71. The predicted octanol–water partition coefficient (Wildman–Crippen LogP) is 1.36. The molecule has 0 saturated carbocycles. The standard InChI is InChI=1S/C12H24BFO3/c1-7(2)15-6-10-12(17-8(3)4)11(14)9(13)5-16-10/h7-12H,5-6,13H2,1-4H3/t9-,10-,11+,12-/m1/s1. The van der Waals surface area contributed by atoms with Crippen molar-refractivity contribution in [2.24, 2.45) is 0 Å².